The van der Waals surface area contributed by atoms with Crippen LogP contribution in [-0.4, -0.2) is 45.1 Å². The molecule has 1 saturated heterocycles. The molecule has 0 spiro atoms. The molecule has 4 rings (SSSR count). The SMILES string of the molecule is Cc1ccc(N2C(=O)CC(Sc3ccc(NC(=O)c4ccc(C(=O)O)cc4C(=O)O)cc3)C2=O)cc1. The first-order valence-corrected chi connectivity index (χ1v) is 11.6. The minimum absolute atomic E-state index is 0.0696. The van der Waals surface area contributed by atoms with Crippen LogP contribution in [0.25, 0.3) is 0 Å². The number of hydrogen-bond donors (Lipinski definition) is 3. The molecule has 36 heavy (non-hydrogen) atoms. The molecule has 0 aliphatic carbocycles. The molecule has 1 aliphatic heterocycles. The Morgan fingerprint density at radius 2 is 1.56 bits per heavy atom. The zero-order valence-electron chi connectivity index (χ0n) is 18.9. The van der Waals surface area contributed by atoms with Gasteiger partial charge in [-0.3, -0.25) is 14.4 Å². The number of aryl methyl sites for hydroxylation is 1. The Morgan fingerprint density at radius 3 is 2.17 bits per heavy atom. The van der Waals surface area contributed by atoms with E-state index in [2.05, 4.69) is 5.32 Å². The number of amides is 3. The van der Waals surface area contributed by atoms with Crippen LogP contribution < -0.4 is 10.2 Å². The van der Waals surface area contributed by atoms with E-state index in [-0.39, 0.29) is 29.4 Å². The highest BCUT2D eigenvalue weighted by Crippen LogP contribution is 2.34. The molecule has 1 unspecified atom stereocenters. The number of anilines is 2. The van der Waals surface area contributed by atoms with Gasteiger partial charge in [-0.1, -0.05) is 17.7 Å². The van der Waals surface area contributed by atoms with Gasteiger partial charge in [0, 0.05) is 17.0 Å². The summed E-state index contributed by atoms with van der Waals surface area (Å²) in [6.07, 6.45) is 0.0696. The fourth-order valence-electron chi connectivity index (χ4n) is 3.69. The van der Waals surface area contributed by atoms with Crippen LogP contribution in [0.3, 0.4) is 0 Å². The van der Waals surface area contributed by atoms with Crippen LogP contribution in [0.5, 0.6) is 0 Å². The van der Waals surface area contributed by atoms with Crippen LogP contribution in [0.1, 0.15) is 43.1 Å². The summed E-state index contributed by atoms with van der Waals surface area (Å²) in [5.74, 6) is -4.01. The minimum atomic E-state index is -1.43. The Kier molecular flexibility index (Phi) is 6.89. The quantitative estimate of drug-likeness (QED) is 0.409. The van der Waals surface area contributed by atoms with Gasteiger partial charge in [-0.2, -0.15) is 0 Å². The van der Waals surface area contributed by atoms with Gasteiger partial charge < -0.3 is 15.5 Å². The molecular formula is C26H20N2O7S. The molecule has 0 bridgehead atoms. The minimum Gasteiger partial charge on any atom is -0.478 e. The van der Waals surface area contributed by atoms with Gasteiger partial charge in [0.25, 0.3) is 5.91 Å². The highest BCUT2D eigenvalue weighted by atomic mass is 32.2. The molecule has 9 nitrogen and oxygen atoms in total. The van der Waals surface area contributed by atoms with E-state index >= 15 is 0 Å². The molecule has 3 amide bonds. The summed E-state index contributed by atoms with van der Waals surface area (Å²) in [6.45, 7) is 1.92. The largest absolute Gasteiger partial charge is 0.478 e. The number of carboxylic acid groups (broad SMARTS) is 2. The van der Waals surface area contributed by atoms with E-state index in [9.17, 15) is 29.1 Å². The van der Waals surface area contributed by atoms with E-state index in [1.54, 1.807) is 36.4 Å². The van der Waals surface area contributed by atoms with E-state index in [0.29, 0.717) is 16.3 Å². The molecule has 3 aromatic carbocycles. The lowest BCUT2D eigenvalue weighted by Crippen LogP contribution is -2.31. The predicted octanol–water partition coefficient (Wildman–Crippen LogP) is 4.07. The Labute approximate surface area is 209 Å². The van der Waals surface area contributed by atoms with Gasteiger partial charge >= 0.3 is 11.9 Å². The Hall–Kier alpha value is -4.44. The summed E-state index contributed by atoms with van der Waals surface area (Å²) in [4.78, 5) is 62.5. The molecule has 10 heteroatoms. The third-order valence-electron chi connectivity index (χ3n) is 5.53. The molecule has 1 heterocycles. The normalized spacial score (nSPS) is 15.1. The summed E-state index contributed by atoms with van der Waals surface area (Å²) < 4.78 is 0. The van der Waals surface area contributed by atoms with E-state index < -0.39 is 28.7 Å². The second-order valence-corrected chi connectivity index (χ2v) is 9.34. The third-order valence-corrected chi connectivity index (χ3v) is 6.73. The smallest absolute Gasteiger partial charge is 0.336 e. The lowest BCUT2D eigenvalue weighted by molar-refractivity contribution is -0.121. The Balaban J connectivity index is 1.44. The first-order chi connectivity index (χ1) is 17.1. The van der Waals surface area contributed by atoms with Gasteiger partial charge in [-0.25, -0.2) is 14.5 Å². The number of benzene rings is 3. The van der Waals surface area contributed by atoms with Crippen molar-refractivity contribution in [3.8, 4) is 0 Å². The van der Waals surface area contributed by atoms with E-state index in [1.165, 1.54) is 16.7 Å². The third kappa shape index (κ3) is 5.13. The molecule has 182 valence electrons. The summed E-state index contributed by atoms with van der Waals surface area (Å²) in [5.41, 5.74) is 1.07. The number of carbonyl (C=O) groups is 5. The molecular weight excluding hydrogens is 484 g/mol. The first kappa shape index (κ1) is 24.7. The lowest BCUT2D eigenvalue weighted by atomic mass is 10.0. The molecule has 1 atom stereocenters. The van der Waals surface area contributed by atoms with Crippen LogP contribution >= 0.6 is 11.8 Å². The predicted molar refractivity (Wildman–Crippen MR) is 133 cm³/mol. The molecule has 0 radical (unpaired) electrons. The Bertz CT molecular complexity index is 1380. The van der Waals surface area contributed by atoms with Crippen molar-refractivity contribution in [3.63, 3.8) is 0 Å². The summed E-state index contributed by atoms with van der Waals surface area (Å²) >= 11 is 1.24. The highest BCUT2D eigenvalue weighted by Gasteiger charge is 2.40. The van der Waals surface area contributed by atoms with Crippen molar-refractivity contribution in [3.05, 3.63) is 89.0 Å². The highest BCUT2D eigenvalue weighted by molar-refractivity contribution is 8.00. The summed E-state index contributed by atoms with van der Waals surface area (Å²) in [6, 6.07) is 16.9. The number of hydrogen-bond acceptors (Lipinski definition) is 6. The maximum atomic E-state index is 12.9. The van der Waals surface area contributed by atoms with Gasteiger partial charge in [0.1, 0.15) is 0 Å². The molecule has 1 fully saturated rings. The number of rotatable bonds is 7. The summed E-state index contributed by atoms with van der Waals surface area (Å²) in [7, 11) is 0. The average molecular weight is 505 g/mol. The van der Waals surface area contributed by atoms with E-state index in [0.717, 1.165) is 23.8 Å². The average Bonchev–Trinajstić information content (AvgIpc) is 3.12. The number of nitrogens with zero attached hydrogens (tertiary/aromatic N) is 1. The number of carbonyl (C=O) groups excluding carboxylic acids is 3. The number of aromatic carboxylic acids is 2. The van der Waals surface area contributed by atoms with Crippen LogP contribution in [-0.2, 0) is 9.59 Å². The van der Waals surface area contributed by atoms with Crippen LogP contribution in [0.2, 0.25) is 0 Å². The fourth-order valence-corrected chi connectivity index (χ4v) is 4.75. The zero-order chi connectivity index (χ0) is 26.0. The second kappa shape index (κ2) is 10.0. The van der Waals surface area contributed by atoms with Gasteiger partial charge in [0.05, 0.1) is 27.6 Å². The number of nitrogens with one attached hydrogen (secondary N) is 1. The van der Waals surface area contributed by atoms with Crippen molar-refractivity contribution < 1.29 is 34.2 Å². The zero-order valence-corrected chi connectivity index (χ0v) is 19.7. The van der Waals surface area contributed by atoms with Crippen molar-refractivity contribution in [2.75, 3.05) is 10.2 Å². The maximum Gasteiger partial charge on any atom is 0.336 e. The van der Waals surface area contributed by atoms with Gasteiger partial charge in [-0.05, 0) is 61.5 Å². The molecule has 1 aliphatic rings. The first-order valence-electron chi connectivity index (χ1n) is 10.8. The van der Waals surface area contributed by atoms with Crippen molar-refractivity contribution in [1.82, 2.24) is 0 Å². The van der Waals surface area contributed by atoms with Crippen molar-refractivity contribution in [1.29, 1.82) is 0 Å². The van der Waals surface area contributed by atoms with Gasteiger partial charge in [0.2, 0.25) is 11.8 Å². The van der Waals surface area contributed by atoms with E-state index in [4.69, 9.17) is 5.11 Å². The van der Waals surface area contributed by atoms with E-state index in [1.807, 2.05) is 19.1 Å². The van der Waals surface area contributed by atoms with Crippen molar-refractivity contribution in [2.45, 2.75) is 23.5 Å². The molecule has 0 saturated carbocycles. The van der Waals surface area contributed by atoms with Gasteiger partial charge in [0.15, 0.2) is 0 Å². The Morgan fingerprint density at radius 1 is 0.889 bits per heavy atom. The summed E-state index contributed by atoms with van der Waals surface area (Å²) in [5, 5.41) is 20.4. The fraction of sp³-hybridized carbons (Fsp3) is 0.115. The van der Waals surface area contributed by atoms with Crippen LogP contribution in [0, 0.1) is 6.92 Å². The number of carboxylic acids is 2. The number of imide groups is 1. The lowest BCUT2D eigenvalue weighted by Gasteiger charge is -2.15. The van der Waals surface area contributed by atoms with Crippen LogP contribution in [0.4, 0.5) is 11.4 Å². The topological polar surface area (TPSA) is 141 Å². The van der Waals surface area contributed by atoms with Gasteiger partial charge in [-0.15, -0.1) is 11.8 Å². The molecule has 0 aromatic heterocycles. The van der Waals surface area contributed by atoms with Crippen molar-refractivity contribution in [2.24, 2.45) is 0 Å². The molecule has 3 aromatic rings. The maximum absolute atomic E-state index is 12.9. The standard InChI is InChI=1S/C26H20N2O7S/c1-14-2-7-17(8-3-14)28-22(29)13-21(24(28)31)36-18-9-5-16(6-10-18)27-23(30)19-11-4-15(25(32)33)12-20(19)26(34)35/h2-12,21H,13H2,1H3,(H,27,30)(H,32,33)(H,34,35). The molecule has 3 N–H and O–H groups in total. The van der Waals surface area contributed by atoms with Crippen LogP contribution in [0.15, 0.2) is 71.6 Å². The number of thioether (sulfide) groups is 1. The monoisotopic (exact) mass is 504 g/mol. The van der Waals surface area contributed by atoms with Crippen molar-refractivity contribution >= 4 is 52.8 Å². The second-order valence-electron chi connectivity index (χ2n) is 8.06.